The molecule has 1 aromatic carbocycles. The van der Waals surface area contributed by atoms with Gasteiger partial charge in [-0.1, -0.05) is 17.7 Å². The molecule has 0 radical (unpaired) electrons. The quantitative estimate of drug-likeness (QED) is 0.841. The molecule has 0 aliphatic rings. The summed E-state index contributed by atoms with van der Waals surface area (Å²) in [7, 11) is 0. The summed E-state index contributed by atoms with van der Waals surface area (Å²) in [5.74, 6) is -0.0446. The molecule has 0 saturated carbocycles. The fourth-order valence-corrected chi connectivity index (χ4v) is 1.49. The summed E-state index contributed by atoms with van der Waals surface area (Å²) in [4.78, 5) is 0. The Morgan fingerprint density at radius 2 is 2.11 bits per heavy atom. The second-order valence-electron chi connectivity index (χ2n) is 4.54. The van der Waals surface area contributed by atoms with Gasteiger partial charge in [0.1, 0.15) is 5.75 Å². The number of benzene rings is 1. The van der Waals surface area contributed by atoms with E-state index >= 15 is 0 Å². The Labute approximate surface area is 110 Å². The molecule has 1 rings (SSSR count). The minimum atomic E-state index is -2.89. The highest BCUT2D eigenvalue weighted by Crippen LogP contribution is 2.27. The molecule has 2 N–H and O–H groups in total. The minimum absolute atomic E-state index is 0.00664. The maximum Gasteiger partial charge on any atom is 0.387 e. The van der Waals surface area contributed by atoms with Gasteiger partial charge in [-0.05, 0) is 31.5 Å². The van der Waals surface area contributed by atoms with E-state index in [0.29, 0.717) is 6.54 Å². The first-order valence-electron chi connectivity index (χ1n) is 5.43. The van der Waals surface area contributed by atoms with Crippen molar-refractivity contribution in [2.45, 2.75) is 32.5 Å². The number of aliphatic hydroxyl groups excluding tert-OH is 1. The molecule has 0 spiro atoms. The fourth-order valence-electron chi connectivity index (χ4n) is 1.24. The zero-order chi connectivity index (χ0) is 13.8. The molecule has 0 unspecified atom stereocenters. The first kappa shape index (κ1) is 15.1. The molecular formula is C12H16ClF2NO2. The zero-order valence-corrected chi connectivity index (χ0v) is 11.0. The third-order valence-corrected chi connectivity index (χ3v) is 2.67. The van der Waals surface area contributed by atoms with Gasteiger partial charge in [-0.25, -0.2) is 0 Å². The Bertz CT molecular complexity index is 400. The topological polar surface area (TPSA) is 41.5 Å². The van der Waals surface area contributed by atoms with Crippen LogP contribution in [0.5, 0.6) is 5.75 Å². The van der Waals surface area contributed by atoms with Gasteiger partial charge in [0.25, 0.3) is 0 Å². The molecule has 0 atom stereocenters. The van der Waals surface area contributed by atoms with Crippen LogP contribution in [0, 0.1) is 0 Å². The lowest BCUT2D eigenvalue weighted by Crippen LogP contribution is -2.42. The molecule has 0 aliphatic heterocycles. The third kappa shape index (κ3) is 4.76. The summed E-state index contributed by atoms with van der Waals surface area (Å²) in [6.45, 7) is 1.28. The van der Waals surface area contributed by atoms with Gasteiger partial charge in [-0.3, -0.25) is 0 Å². The van der Waals surface area contributed by atoms with Crippen molar-refractivity contribution in [2.24, 2.45) is 0 Å². The lowest BCUT2D eigenvalue weighted by molar-refractivity contribution is -0.0497. The highest BCUT2D eigenvalue weighted by molar-refractivity contribution is 6.32. The van der Waals surface area contributed by atoms with Crippen molar-refractivity contribution < 1.29 is 18.6 Å². The maximum absolute atomic E-state index is 12.0. The molecule has 1 aromatic rings. The van der Waals surface area contributed by atoms with Crippen LogP contribution < -0.4 is 10.1 Å². The van der Waals surface area contributed by atoms with E-state index in [0.717, 1.165) is 5.56 Å². The summed E-state index contributed by atoms with van der Waals surface area (Å²) in [5, 5.41) is 12.3. The highest BCUT2D eigenvalue weighted by Gasteiger charge is 2.15. The monoisotopic (exact) mass is 279 g/mol. The van der Waals surface area contributed by atoms with E-state index in [1.54, 1.807) is 12.1 Å². The van der Waals surface area contributed by atoms with E-state index in [9.17, 15) is 8.78 Å². The standard InChI is InChI=1S/C12H16ClF2NO2/c1-12(2,7-17)16-6-8-3-4-10(9(13)5-8)18-11(14)15/h3-5,11,16-17H,6-7H2,1-2H3. The summed E-state index contributed by atoms with van der Waals surface area (Å²) in [6.07, 6.45) is 0. The van der Waals surface area contributed by atoms with E-state index in [1.165, 1.54) is 6.07 Å². The number of aliphatic hydroxyl groups is 1. The van der Waals surface area contributed by atoms with E-state index in [2.05, 4.69) is 10.1 Å². The van der Waals surface area contributed by atoms with E-state index in [4.69, 9.17) is 16.7 Å². The normalized spacial score (nSPS) is 11.9. The predicted molar refractivity (Wildman–Crippen MR) is 66.1 cm³/mol. The van der Waals surface area contributed by atoms with Crippen LogP contribution in [0.15, 0.2) is 18.2 Å². The fraction of sp³-hybridized carbons (Fsp3) is 0.500. The molecule has 102 valence electrons. The number of nitrogens with one attached hydrogen (secondary N) is 1. The average molecular weight is 280 g/mol. The Hall–Kier alpha value is -0.910. The van der Waals surface area contributed by atoms with Gasteiger partial charge in [-0.15, -0.1) is 0 Å². The van der Waals surface area contributed by atoms with Crippen molar-refractivity contribution in [3.8, 4) is 5.75 Å². The van der Waals surface area contributed by atoms with E-state index < -0.39 is 12.2 Å². The Balaban J connectivity index is 2.67. The SMILES string of the molecule is CC(C)(CO)NCc1ccc(OC(F)F)c(Cl)c1. The van der Waals surface area contributed by atoms with Gasteiger partial charge in [-0.2, -0.15) is 8.78 Å². The highest BCUT2D eigenvalue weighted by atomic mass is 35.5. The molecule has 3 nitrogen and oxygen atoms in total. The minimum Gasteiger partial charge on any atom is -0.433 e. The number of hydrogen-bond acceptors (Lipinski definition) is 3. The summed E-state index contributed by atoms with van der Waals surface area (Å²) < 4.78 is 28.3. The van der Waals surface area contributed by atoms with Gasteiger partial charge in [0.15, 0.2) is 0 Å². The Kier molecular flexibility index (Phi) is 5.31. The Morgan fingerprint density at radius 3 is 2.61 bits per heavy atom. The molecule has 0 aliphatic carbocycles. The van der Waals surface area contributed by atoms with Crippen molar-refractivity contribution >= 4 is 11.6 Å². The summed E-state index contributed by atoms with van der Waals surface area (Å²) in [6, 6.07) is 4.60. The number of hydrogen-bond donors (Lipinski definition) is 2. The van der Waals surface area contributed by atoms with Gasteiger partial charge in [0.05, 0.1) is 11.6 Å². The summed E-state index contributed by atoms with van der Waals surface area (Å²) >= 11 is 5.82. The first-order chi connectivity index (χ1) is 8.34. The predicted octanol–water partition coefficient (Wildman–Crippen LogP) is 2.80. The second kappa shape index (κ2) is 6.31. The van der Waals surface area contributed by atoms with E-state index in [-0.39, 0.29) is 17.4 Å². The third-order valence-electron chi connectivity index (χ3n) is 2.38. The number of halogens is 3. The Morgan fingerprint density at radius 1 is 1.44 bits per heavy atom. The molecule has 0 fully saturated rings. The van der Waals surface area contributed by atoms with Crippen molar-refractivity contribution in [2.75, 3.05) is 6.61 Å². The molecule has 0 amide bonds. The van der Waals surface area contributed by atoms with Crippen LogP contribution in [0.3, 0.4) is 0 Å². The molecule has 0 heterocycles. The smallest absolute Gasteiger partial charge is 0.387 e. The van der Waals surface area contributed by atoms with Crippen LogP contribution >= 0.6 is 11.6 Å². The molecule has 6 heteroatoms. The molecular weight excluding hydrogens is 264 g/mol. The van der Waals surface area contributed by atoms with Crippen LogP contribution in [0.1, 0.15) is 19.4 Å². The van der Waals surface area contributed by atoms with Gasteiger partial charge in [0.2, 0.25) is 0 Å². The van der Waals surface area contributed by atoms with Crippen molar-refractivity contribution in [1.29, 1.82) is 0 Å². The second-order valence-corrected chi connectivity index (χ2v) is 4.95. The lowest BCUT2D eigenvalue weighted by atomic mass is 10.1. The van der Waals surface area contributed by atoms with Gasteiger partial charge >= 0.3 is 6.61 Å². The average Bonchev–Trinajstić information content (AvgIpc) is 2.29. The van der Waals surface area contributed by atoms with Gasteiger partial charge in [0, 0.05) is 12.1 Å². The number of alkyl halides is 2. The number of ether oxygens (including phenoxy) is 1. The zero-order valence-electron chi connectivity index (χ0n) is 10.2. The van der Waals surface area contributed by atoms with Crippen LogP contribution in [0.4, 0.5) is 8.78 Å². The van der Waals surface area contributed by atoms with Crippen LogP contribution in [-0.4, -0.2) is 23.9 Å². The maximum atomic E-state index is 12.0. The molecule has 0 saturated heterocycles. The van der Waals surface area contributed by atoms with E-state index in [1.807, 2.05) is 13.8 Å². The molecule has 0 bridgehead atoms. The van der Waals surface area contributed by atoms with Crippen molar-refractivity contribution in [3.63, 3.8) is 0 Å². The lowest BCUT2D eigenvalue weighted by Gasteiger charge is -2.23. The van der Waals surface area contributed by atoms with Crippen LogP contribution in [-0.2, 0) is 6.54 Å². The van der Waals surface area contributed by atoms with Crippen LogP contribution in [0.25, 0.3) is 0 Å². The largest absolute Gasteiger partial charge is 0.433 e. The number of rotatable bonds is 6. The molecule has 18 heavy (non-hydrogen) atoms. The van der Waals surface area contributed by atoms with Crippen molar-refractivity contribution in [1.82, 2.24) is 5.32 Å². The first-order valence-corrected chi connectivity index (χ1v) is 5.81. The van der Waals surface area contributed by atoms with Crippen LogP contribution in [0.2, 0.25) is 5.02 Å². The molecule has 0 aromatic heterocycles. The van der Waals surface area contributed by atoms with Crippen molar-refractivity contribution in [3.05, 3.63) is 28.8 Å². The summed E-state index contributed by atoms with van der Waals surface area (Å²) in [5.41, 5.74) is 0.410. The van der Waals surface area contributed by atoms with Gasteiger partial charge < -0.3 is 15.2 Å².